The van der Waals surface area contributed by atoms with Gasteiger partial charge in [0.05, 0.1) is 26.2 Å². The van der Waals surface area contributed by atoms with Crippen LogP contribution in [0.3, 0.4) is 0 Å². The monoisotopic (exact) mass is 358 g/mol. The van der Waals surface area contributed by atoms with Gasteiger partial charge in [-0.3, -0.25) is 0 Å². The van der Waals surface area contributed by atoms with E-state index in [1.165, 1.54) is 82.0 Å². The van der Waals surface area contributed by atoms with Gasteiger partial charge < -0.3 is 14.7 Å². The summed E-state index contributed by atoms with van der Waals surface area (Å²) in [5.41, 5.74) is 0. The average molecular weight is 359 g/mol. The van der Waals surface area contributed by atoms with E-state index < -0.39 is 11.9 Å². The molecule has 0 aromatic heterocycles. The fraction of sp³-hybridized carbons (Fsp3) is 0.800. The van der Waals surface area contributed by atoms with E-state index in [0.29, 0.717) is 12.2 Å². The number of unbranched alkanes of at least 4 members (excludes halogenated alkanes) is 4. The Kier molecular flexibility index (Phi) is 18.1. The van der Waals surface area contributed by atoms with Crippen LogP contribution in [-0.4, -0.2) is 52.8 Å². The molecule has 148 valence electrons. The zero-order valence-corrected chi connectivity index (χ0v) is 16.8. The maximum absolute atomic E-state index is 9.55. The highest BCUT2D eigenvalue weighted by Gasteiger charge is 2.24. The molecule has 0 aromatic rings. The molecule has 0 rings (SSSR count). The normalized spacial score (nSPS) is 11.2. The first-order chi connectivity index (χ1) is 11.9. The molecule has 0 saturated heterocycles. The van der Waals surface area contributed by atoms with E-state index in [0.717, 1.165) is 0 Å². The Bertz CT molecular complexity index is 313. The first-order valence-electron chi connectivity index (χ1n) is 9.86. The minimum atomic E-state index is -1.26. The summed E-state index contributed by atoms with van der Waals surface area (Å²) in [6, 6.07) is 0. The molecule has 0 saturated carbocycles. The van der Waals surface area contributed by atoms with Gasteiger partial charge in [0.15, 0.2) is 0 Å². The number of carboxylic acid groups (broad SMARTS) is 2. The van der Waals surface area contributed by atoms with Crippen LogP contribution in [-0.2, 0) is 9.59 Å². The lowest BCUT2D eigenvalue weighted by atomic mass is 10.1. The molecular formula is C20H40NO4+. The van der Waals surface area contributed by atoms with Crippen LogP contribution >= 0.6 is 0 Å². The van der Waals surface area contributed by atoms with Gasteiger partial charge in [-0.2, -0.15) is 0 Å². The third kappa shape index (κ3) is 17.3. The summed E-state index contributed by atoms with van der Waals surface area (Å²) in [4.78, 5) is 19.1. The molecule has 0 bridgehead atoms. The van der Waals surface area contributed by atoms with Crippen LogP contribution < -0.4 is 0 Å². The number of carbonyl (C=O) groups is 2. The summed E-state index contributed by atoms with van der Waals surface area (Å²) in [5.74, 6) is -2.51. The number of nitrogens with zero attached hydrogens (tertiary/aromatic N) is 1. The fourth-order valence-electron chi connectivity index (χ4n) is 2.79. The third-order valence-electron chi connectivity index (χ3n) is 4.31. The molecule has 2 N–H and O–H groups in total. The lowest BCUT2D eigenvalue weighted by Crippen LogP contribution is -2.50. The molecule has 0 aliphatic carbocycles. The molecule has 25 heavy (non-hydrogen) atoms. The Morgan fingerprint density at radius 3 is 1.04 bits per heavy atom. The van der Waals surface area contributed by atoms with Gasteiger partial charge in [0.1, 0.15) is 0 Å². The first kappa shape index (κ1) is 25.9. The van der Waals surface area contributed by atoms with E-state index in [9.17, 15) is 9.59 Å². The molecule has 5 nitrogen and oxygen atoms in total. The highest BCUT2D eigenvalue weighted by Crippen LogP contribution is 2.16. The van der Waals surface area contributed by atoms with Crippen LogP contribution in [0.5, 0.6) is 0 Å². The van der Waals surface area contributed by atoms with E-state index in [-0.39, 0.29) is 0 Å². The average Bonchev–Trinajstić information content (AvgIpc) is 2.59. The maximum atomic E-state index is 9.55. The third-order valence-corrected chi connectivity index (χ3v) is 4.31. The SMILES string of the molecule is CCCC[N+](CCCC)(CCCC)CCCC.O=C(O)/C=C/C(=O)O. The Morgan fingerprint density at radius 1 is 0.640 bits per heavy atom. The molecule has 0 aromatic carbocycles. The van der Waals surface area contributed by atoms with Crippen molar-refractivity contribution in [3.8, 4) is 0 Å². The number of rotatable bonds is 14. The summed E-state index contributed by atoms with van der Waals surface area (Å²) in [6.07, 6.45) is 12.2. The second kappa shape index (κ2) is 17.5. The Hall–Kier alpha value is -1.36. The van der Waals surface area contributed by atoms with Gasteiger partial charge in [0.25, 0.3) is 0 Å². The molecule has 0 fully saturated rings. The van der Waals surface area contributed by atoms with Gasteiger partial charge in [-0.1, -0.05) is 53.4 Å². The zero-order valence-electron chi connectivity index (χ0n) is 16.8. The second-order valence-electron chi connectivity index (χ2n) is 6.66. The van der Waals surface area contributed by atoms with Crippen molar-refractivity contribution in [2.45, 2.75) is 79.1 Å². The number of aliphatic carboxylic acids is 2. The van der Waals surface area contributed by atoms with Crippen molar-refractivity contribution in [3.05, 3.63) is 12.2 Å². The number of hydrogen-bond donors (Lipinski definition) is 2. The number of hydrogen-bond acceptors (Lipinski definition) is 2. The van der Waals surface area contributed by atoms with Gasteiger partial charge >= 0.3 is 11.9 Å². The largest absolute Gasteiger partial charge is 0.478 e. The van der Waals surface area contributed by atoms with Crippen LogP contribution in [0.2, 0.25) is 0 Å². The van der Waals surface area contributed by atoms with Crippen molar-refractivity contribution in [3.63, 3.8) is 0 Å². The lowest BCUT2D eigenvalue weighted by Gasteiger charge is -2.39. The van der Waals surface area contributed by atoms with Crippen molar-refractivity contribution < 1.29 is 24.3 Å². The molecule has 0 aliphatic rings. The molecule has 0 spiro atoms. The minimum absolute atomic E-state index is 0.558. The maximum Gasteiger partial charge on any atom is 0.328 e. The number of carboxylic acids is 2. The summed E-state index contributed by atoms with van der Waals surface area (Å²) < 4.78 is 1.42. The Balaban J connectivity index is 0. The molecule has 0 unspecified atom stereocenters. The molecule has 5 heteroatoms. The van der Waals surface area contributed by atoms with Crippen molar-refractivity contribution in [2.24, 2.45) is 0 Å². The van der Waals surface area contributed by atoms with Gasteiger partial charge in [-0.25, -0.2) is 9.59 Å². The quantitative estimate of drug-likeness (QED) is 0.348. The summed E-state index contributed by atoms with van der Waals surface area (Å²) >= 11 is 0. The highest BCUT2D eigenvalue weighted by molar-refractivity contribution is 5.89. The minimum Gasteiger partial charge on any atom is -0.478 e. The van der Waals surface area contributed by atoms with Crippen LogP contribution in [0.15, 0.2) is 12.2 Å². The van der Waals surface area contributed by atoms with Crippen molar-refractivity contribution in [1.29, 1.82) is 0 Å². The molecule has 0 atom stereocenters. The molecule has 0 amide bonds. The van der Waals surface area contributed by atoms with Crippen molar-refractivity contribution in [1.82, 2.24) is 0 Å². The van der Waals surface area contributed by atoms with Crippen molar-refractivity contribution >= 4 is 11.9 Å². The fourth-order valence-corrected chi connectivity index (χ4v) is 2.79. The Labute approximate surface area is 154 Å². The molecule has 0 aliphatic heterocycles. The Morgan fingerprint density at radius 2 is 0.880 bits per heavy atom. The van der Waals surface area contributed by atoms with E-state index >= 15 is 0 Å². The standard InChI is InChI=1S/C16H36N.C4H4O4/c1-5-9-13-17(14-10-6-2,15-11-7-3)16-12-8-4;5-3(6)1-2-4(7)8/h5-16H2,1-4H3;1-2H,(H,5,6)(H,7,8)/q+1;/b;2-1+. The van der Waals surface area contributed by atoms with Gasteiger partial charge in [0.2, 0.25) is 0 Å². The van der Waals surface area contributed by atoms with E-state index in [4.69, 9.17) is 10.2 Å². The molecule has 0 radical (unpaired) electrons. The predicted molar refractivity (Wildman–Crippen MR) is 104 cm³/mol. The van der Waals surface area contributed by atoms with E-state index in [1.807, 2.05) is 0 Å². The van der Waals surface area contributed by atoms with Crippen LogP contribution in [0.25, 0.3) is 0 Å². The van der Waals surface area contributed by atoms with Gasteiger partial charge in [0, 0.05) is 12.2 Å². The molecule has 0 heterocycles. The van der Waals surface area contributed by atoms with E-state index in [2.05, 4.69) is 27.7 Å². The number of quaternary nitrogens is 1. The molecular weight excluding hydrogens is 318 g/mol. The van der Waals surface area contributed by atoms with E-state index in [1.54, 1.807) is 0 Å². The second-order valence-corrected chi connectivity index (χ2v) is 6.66. The van der Waals surface area contributed by atoms with Crippen LogP contribution in [0.1, 0.15) is 79.1 Å². The van der Waals surface area contributed by atoms with Crippen molar-refractivity contribution in [2.75, 3.05) is 26.2 Å². The summed E-state index contributed by atoms with van der Waals surface area (Å²) in [6.45, 7) is 15.0. The predicted octanol–water partition coefficient (Wildman–Crippen LogP) is 4.72. The zero-order chi connectivity index (χ0) is 19.6. The lowest BCUT2D eigenvalue weighted by molar-refractivity contribution is -0.929. The van der Waals surface area contributed by atoms with Crippen LogP contribution in [0.4, 0.5) is 0 Å². The summed E-state index contributed by atoms with van der Waals surface area (Å²) in [5, 5.41) is 15.6. The van der Waals surface area contributed by atoms with Crippen LogP contribution in [0, 0.1) is 0 Å². The first-order valence-corrected chi connectivity index (χ1v) is 9.86. The van der Waals surface area contributed by atoms with Gasteiger partial charge in [-0.05, 0) is 25.7 Å². The highest BCUT2D eigenvalue weighted by atomic mass is 16.4. The smallest absolute Gasteiger partial charge is 0.328 e. The topological polar surface area (TPSA) is 74.6 Å². The van der Waals surface area contributed by atoms with Gasteiger partial charge in [-0.15, -0.1) is 0 Å². The summed E-state index contributed by atoms with van der Waals surface area (Å²) in [7, 11) is 0.